The zero-order chi connectivity index (χ0) is 9.90. The molecule has 1 aliphatic rings. The predicted molar refractivity (Wildman–Crippen MR) is 50.5 cm³/mol. The van der Waals surface area contributed by atoms with Crippen LogP contribution in [0.4, 0.5) is 4.39 Å². The lowest BCUT2D eigenvalue weighted by atomic mass is 10.00. The maximum absolute atomic E-state index is 12.1. The van der Waals surface area contributed by atoms with Crippen LogP contribution >= 0.6 is 0 Å². The largest absolute Gasteiger partial charge is 0.389 e. The average molecular weight is 190 g/mol. The van der Waals surface area contributed by atoms with Gasteiger partial charge in [0.05, 0.1) is 6.10 Å². The second-order valence-corrected chi connectivity index (χ2v) is 4.24. The second kappa shape index (κ2) is 4.35. The van der Waals surface area contributed by atoms with Gasteiger partial charge < -0.3 is 10.4 Å². The van der Waals surface area contributed by atoms with Gasteiger partial charge in [0, 0.05) is 31.7 Å². The molecule has 0 aromatic heterocycles. The van der Waals surface area contributed by atoms with Gasteiger partial charge in [0.15, 0.2) is 0 Å². The Morgan fingerprint density at radius 2 is 2.31 bits per heavy atom. The molecular weight excluding hydrogens is 171 g/mol. The Morgan fingerprint density at radius 1 is 1.62 bits per heavy atom. The Bertz CT molecular complexity index is 164. The summed E-state index contributed by atoms with van der Waals surface area (Å²) < 4.78 is 12.1. The highest BCUT2D eigenvalue weighted by Gasteiger charge is 2.30. The summed E-state index contributed by atoms with van der Waals surface area (Å²) >= 11 is 0. The molecule has 1 atom stereocenters. The number of rotatable bonds is 3. The van der Waals surface area contributed by atoms with Crippen LogP contribution < -0.4 is 5.32 Å². The predicted octanol–water partition coefficient (Wildman–Crippen LogP) is 0.000600. The van der Waals surface area contributed by atoms with Gasteiger partial charge in [-0.25, -0.2) is 4.39 Å². The number of halogens is 1. The fourth-order valence-electron chi connectivity index (χ4n) is 1.66. The van der Waals surface area contributed by atoms with Gasteiger partial charge in [-0.2, -0.15) is 0 Å². The van der Waals surface area contributed by atoms with Crippen LogP contribution in [0.1, 0.15) is 13.8 Å². The summed E-state index contributed by atoms with van der Waals surface area (Å²) in [5.41, 5.74) is 0.0222. The van der Waals surface area contributed by atoms with Gasteiger partial charge in [-0.15, -0.1) is 0 Å². The molecule has 1 aliphatic heterocycles. The molecule has 0 aromatic carbocycles. The summed E-state index contributed by atoms with van der Waals surface area (Å²) in [6.07, 6.45) is -0.836. The number of hydrogen-bond acceptors (Lipinski definition) is 3. The number of β-amino-alcohol motifs (C(OH)–C–C–N with tert-alkyl or cyclic N) is 1. The minimum absolute atomic E-state index is 0.0222. The summed E-state index contributed by atoms with van der Waals surface area (Å²) in [4.78, 5) is 2.13. The molecule has 0 saturated carbocycles. The van der Waals surface area contributed by atoms with Gasteiger partial charge in [0.1, 0.15) is 6.67 Å². The number of hydrogen-bond donors (Lipinski definition) is 2. The lowest BCUT2D eigenvalue weighted by Crippen LogP contribution is -2.59. The molecule has 2 N–H and O–H groups in total. The number of nitrogens with zero attached hydrogens (tertiary/aromatic N) is 1. The molecule has 0 aromatic rings. The van der Waals surface area contributed by atoms with Gasteiger partial charge in [-0.3, -0.25) is 4.90 Å². The summed E-state index contributed by atoms with van der Waals surface area (Å²) in [6, 6.07) is 0. The molecule has 13 heavy (non-hydrogen) atoms. The van der Waals surface area contributed by atoms with E-state index in [1.54, 1.807) is 0 Å². The fourth-order valence-corrected chi connectivity index (χ4v) is 1.66. The molecule has 1 rings (SSSR count). The minimum Gasteiger partial charge on any atom is -0.389 e. The van der Waals surface area contributed by atoms with Crippen molar-refractivity contribution in [2.45, 2.75) is 25.5 Å². The molecule has 0 spiro atoms. The Morgan fingerprint density at radius 3 is 2.85 bits per heavy atom. The SMILES string of the molecule is CC1(C)CNCCN1CC(O)CF. The van der Waals surface area contributed by atoms with E-state index in [4.69, 9.17) is 0 Å². The van der Waals surface area contributed by atoms with E-state index >= 15 is 0 Å². The van der Waals surface area contributed by atoms with E-state index in [-0.39, 0.29) is 5.54 Å². The smallest absolute Gasteiger partial charge is 0.117 e. The quantitative estimate of drug-likeness (QED) is 0.657. The van der Waals surface area contributed by atoms with Crippen LogP contribution in [-0.2, 0) is 0 Å². The van der Waals surface area contributed by atoms with Crippen LogP contribution in [0.3, 0.4) is 0 Å². The Hall–Kier alpha value is -0.190. The molecule has 4 heteroatoms. The normalized spacial score (nSPS) is 25.8. The van der Waals surface area contributed by atoms with Gasteiger partial charge in [0.25, 0.3) is 0 Å². The van der Waals surface area contributed by atoms with Gasteiger partial charge in [-0.1, -0.05) is 0 Å². The van der Waals surface area contributed by atoms with Crippen LogP contribution in [0, 0.1) is 0 Å². The first-order chi connectivity index (χ1) is 6.06. The van der Waals surface area contributed by atoms with E-state index < -0.39 is 12.8 Å². The molecule has 0 bridgehead atoms. The van der Waals surface area contributed by atoms with E-state index in [2.05, 4.69) is 24.1 Å². The highest BCUT2D eigenvalue weighted by molar-refractivity contribution is 4.89. The maximum Gasteiger partial charge on any atom is 0.117 e. The summed E-state index contributed by atoms with van der Waals surface area (Å²) in [7, 11) is 0. The summed E-state index contributed by atoms with van der Waals surface area (Å²) in [5, 5.41) is 12.5. The lowest BCUT2D eigenvalue weighted by Gasteiger charge is -2.43. The van der Waals surface area contributed by atoms with Crippen molar-refractivity contribution in [2.24, 2.45) is 0 Å². The van der Waals surface area contributed by atoms with Gasteiger partial charge in [-0.05, 0) is 13.8 Å². The van der Waals surface area contributed by atoms with Crippen molar-refractivity contribution in [2.75, 3.05) is 32.9 Å². The van der Waals surface area contributed by atoms with Crippen molar-refractivity contribution in [3.63, 3.8) is 0 Å². The standard InChI is InChI=1S/C9H19FN2O/c1-9(2)7-11-3-4-12(9)6-8(13)5-10/h8,11,13H,3-7H2,1-2H3. The molecule has 1 heterocycles. The van der Waals surface area contributed by atoms with Crippen molar-refractivity contribution in [1.82, 2.24) is 10.2 Å². The number of aliphatic hydroxyl groups excluding tert-OH is 1. The average Bonchev–Trinajstić information content (AvgIpc) is 2.08. The molecule has 3 nitrogen and oxygen atoms in total. The fraction of sp³-hybridized carbons (Fsp3) is 1.00. The van der Waals surface area contributed by atoms with Crippen molar-refractivity contribution >= 4 is 0 Å². The molecule has 78 valence electrons. The molecule has 0 radical (unpaired) electrons. The number of aliphatic hydroxyl groups is 1. The lowest BCUT2D eigenvalue weighted by molar-refractivity contribution is 0.0253. The zero-order valence-electron chi connectivity index (χ0n) is 8.39. The summed E-state index contributed by atoms with van der Waals surface area (Å²) in [5.74, 6) is 0. The first kappa shape index (κ1) is 10.9. The van der Waals surface area contributed by atoms with Gasteiger partial charge in [0.2, 0.25) is 0 Å². The van der Waals surface area contributed by atoms with E-state index in [1.165, 1.54) is 0 Å². The molecule has 0 aliphatic carbocycles. The van der Waals surface area contributed by atoms with Crippen LogP contribution in [0.25, 0.3) is 0 Å². The third-order valence-electron chi connectivity index (χ3n) is 2.58. The highest BCUT2D eigenvalue weighted by Crippen LogP contribution is 2.16. The molecule has 1 unspecified atom stereocenters. The monoisotopic (exact) mass is 190 g/mol. The van der Waals surface area contributed by atoms with Crippen molar-refractivity contribution in [3.8, 4) is 0 Å². The molecule has 1 saturated heterocycles. The topological polar surface area (TPSA) is 35.5 Å². The highest BCUT2D eigenvalue weighted by atomic mass is 19.1. The first-order valence-electron chi connectivity index (χ1n) is 4.76. The Kier molecular flexibility index (Phi) is 3.64. The molecular formula is C9H19FN2O. The van der Waals surface area contributed by atoms with Crippen molar-refractivity contribution in [1.29, 1.82) is 0 Å². The van der Waals surface area contributed by atoms with Crippen LogP contribution in [0.2, 0.25) is 0 Å². The van der Waals surface area contributed by atoms with E-state index in [0.717, 1.165) is 19.6 Å². The maximum atomic E-state index is 12.1. The van der Waals surface area contributed by atoms with Crippen LogP contribution in [-0.4, -0.2) is 54.5 Å². The Balaban J connectivity index is 2.46. The molecule has 1 fully saturated rings. The van der Waals surface area contributed by atoms with Crippen LogP contribution in [0.15, 0.2) is 0 Å². The van der Waals surface area contributed by atoms with E-state index in [0.29, 0.717) is 6.54 Å². The second-order valence-electron chi connectivity index (χ2n) is 4.24. The van der Waals surface area contributed by atoms with Crippen LogP contribution in [0.5, 0.6) is 0 Å². The number of alkyl halides is 1. The number of piperazine rings is 1. The number of nitrogens with one attached hydrogen (secondary N) is 1. The third-order valence-corrected chi connectivity index (χ3v) is 2.58. The van der Waals surface area contributed by atoms with Gasteiger partial charge >= 0.3 is 0 Å². The summed E-state index contributed by atoms with van der Waals surface area (Å²) in [6.45, 7) is 6.68. The minimum atomic E-state index is -0.836. The van der Waals surface area contributed by atoms with E-state index in [9.17, 15) is 9.50 Å². The molecule has 0 amide bonds. The zero-order valence-corrected chi connectivity index (χ0v) is 8.39. The Labute approximate surface area is 78.9 Å². The third kappa shape index (κ3) is 2.90. The van der Waals surface area contributed by atoms with Crippen molar-refractivity contribution < 1.29 is 9.50 Å². The first-order valence-corrected chi connectivity index (χ1v) is 4.76. The van der Waals surface area contributed by atoms with Crippen molar-refractivity contribution in [3.05, 3.63) is 0 Å². The van der Waals surface area contributed by atoms with E-state index in [1.807, 2.05) is 0 Å².